The molecule has 1 aliphatic rings. The monoisotopic (exact) mass is 418 g/mol. The molecule has 7 nitrogen and oxygen atoms in total. The van der Waals surface area contributed by atoms with Gasteiger partial charge in [-0.25, -0.2) is 4.79 Å². The lowest BCUT2D eigenvalue weighted by Crippen LogP contribution is -2.37. The first kappa shape index (κ1) is 23.9. The summed E-state index contributed by atoms with van der Waals surface area (Å²) in [5.41, 5.74) is 1.48. The zero-order valence-electron chi connectivity index (χ0n) is 18.5. The topological polar surface area (TPSA) is 68.3 Å². The summed E-state index contributed by atoms with van der Waals surface area (Å²) in [4.78, 5) is 31.8. The van der Waals surface area contributed by atoms with Crippen molar-refractivity contribution in [2.45, 2.75) is 52.2 Å². The molecule has 0 aliphatic carbocycles. The average Bonchev–Trinajstić information content (AvgIpc) is 3.02. The second kappa shape index (κ2) is 12.3. The normalized spacial score (nSPS) is 18.9. The number of methoxy groups -OCH3 is 1. The first-order valence-corrected chi connectivity index (χ1v) is 10.7. The van der Waals surface area contributed by atoms with Crippen LogP contribution in [0.3, 0.4) is 0 Å². The van der Waals surface area contributed by atoms with Crippen molar-refractivity contribution in [3.63, 3.8) is 0 Å². The lowest BCUT2D eigenvalue weighted by molar-refractivity contribution is -0.145. The summed E-state index contributed by atoms with van der Waals surface area (Å²) in [6.07, 6.45) is 5.62. The third-order valence-electron chi connectivity index (χ3n) is 5.29. The standard InChI is InChI=1S/C23H34N2O5/c1-5-7-11-18(6-2)17-30-21(26)14-15-24-22(28-3)20(25(29-4)23(24)27)16-19-12-9-8-10-13-19/h8-10,12-13,16,18,22H,5-7,11,14-15,17H2,1-4H3. The van der Waals surface area contributed by atoms with Gasteiger partial charge in [0, 0.05) is 13.7 Å². The molecule has 1 aliphatic heterocycles. The first-order chi connectivity index (χ1) is 14.5. The lowest BCUT2D eigenvalue weighted by atomic mass is 10.0. The van der Waals surface area contributed by atoms with E-state index in [9.17, 15) is 9.59 Å². The van der Waals surface area contributed by atoms with Crippen molar-refractivity contribution >= 4 is 18.1 Å². The molecule has 0 radical (unpaired) electrons. The predicted molar refractivity (Wildman–Crippen MR) is 115 cm³/mol. The van der Waals surface area contributed by atoms with Crippen molar-refractivity contribution in [2.24, 2.45) is 5.92 Å². The Hall–Kier alpha value is -2.38. The van der Waals surface area contributed by atoms with Gasteiger partial charge in [-0.2, -0.15) is 5.06 Å². The zero-order chi connectivity index (χ0) is 21.9. The van der Waals surface area contributed by atoms with Crippen molar-refractivity contribution in [3.05, 3.63) is 41.6 Å². The van der Waals surface area contributed by atoms with E-state index in [1.54, 1.807) is 0 Å². The minimum absolute atomic E-state index is 0.103. The highest BCUT2D eigenvalue weighted by Gasteiger charge is 2.43. The van der Waals surface area contributed by atoms with Crippen LogP contribution in [0.15, 0.2) is 36.0 Å². The smallest absolute Gasteiger partial charge is 0.350 e. The zero-order valence-corrected chi connectivity index (χ0v) is 18.5. The first-order valence-electron chi connectivity index (χ1n) is 10.7. The molecular weight excluding hydrogens is 384 g/mol. The van der Waals surface area contributed by atoms with E-state index in [1.165, 1.54) is 24.2 Å². The van der Waals surface area contributed by atoms with Crippen LogP contribution in [0.5, 0.6) is 0 Å². The molecule has 0 bridgehead atoms. The molecule has 0 aromatic heterocycles. The number of benzene rings is 1. The fourth-order valence-corrected chi connectivity index (χ4v) is 3.47. The van der Waals surface area contributed by atoms with E-state index in [0.717, 1.165) is 31.2 Å². The Kier molecular flexibility index (Phi) is 9.83. The Morgan fingerprint density at radius 3 is 2.53 bits per heavy atom. The average molecular weight is 419 g/mol. The maximum atomic E-state index is 12.8. The summed E-state index contributed by atoms with van der Waals surface area (Å²) < 4.78 is 11.0. The molecule has 2 rings (SSSR count). The van der Waals surface area contributed by atoms with E-state index in [4.69, 9.17) is 14.3 Å². The van der Waals surface area contributed by atoms with Crippen LogP contribution < -0.4 is 0 Å². The fourth-order valence-electron chi connectivity index (χ4n) is 3.47. The Labute approximate surface area is 179 Å². The molecule has 0 saturated carbocycles. The number of hydroxylamine groups is 2. The van der Waals surface area contributed by atoms with Gasteiger partial charge in [0.05, 0.1) is 20.1 Å². The number of unbranched alkanes of at least 4 members (excludes halogenated alkanes) is 1. The van der Waals surface area contributed by atoms with Gasteiger partial charge in [-0.1, -0.05) is 63.4 Å². The highest BCUT2D eigenvalue weighted by molar-refractivity contribution is 5.82. The molecule has 2 unspecified atom stereocenters. The molecular formula is C23H34N2O5. The maximum Gasteiger partial charge on any atom is 0.350 e. The molecule has 1 heterocycles. The summed E-state index contributed by atoms with van der Waals surface area (Å²) in [6, 6.07) is 9.25. The molecule has 0 N–H and O–H groups in total. The van der Waals surface area contributed by atoms with Gasteiger partial charge in [-0.05, 0) is 24.0 Å². The molecule has 0 spiro atoms. The molecule has 1 fully saturated rings. The van der Waals surface area contributed by atoms with E-state index in [-0.39, 0.29) is 25.0 Å². The van der Waals surface area contributed by atoms with Crippen LogP contribution in [0.1, 0.15) is 51.5 Å². The van der Waals surface area contributed by atoms with Crippen LogP contribution >= 0.6 is 0 Å². The molecule has 1 aromatic rings. The number of carbonyl (C=O) groups excluding carboxylic acids is 2. The molecule has 7 heteroatoms. The van der Waals surface area contributed by atoms with Crippen LogP contribution in [-0.2, 0) is 19.1 Å². The van der Waals surface area contributed by atoms with E-state index in [1.807, 2.05) is 36.4 Å². The van der Waals surface area contributed by atoms with E-state index in [0.29, 0.717) is 18.2 Å². The quantitative estimate of drug-likeness (QED) is 0.469. The van der Waals surface area contributed by atoms with E-state index < -0.39 is 6.23 Å². The van der Waals surface area contributed by atoms with Crippen molar-refractivity contribution in [1.82, 2.24) is 9.96 Å². The highest BCUT2D eigenvalue weighted by Crippen LogP contribution is 2.29. The van der Waals surface area contributed by atoms with Gasteiger partial charge in [0.25, 0.3) is 0 Å². The predicted octanol–water partition coefficient (Wildman–Crippen LogP) is 4.45. The van der Waals surface area contributed by atoms with Crippen LogP contribution in [0.2, 0.25) is 0 Å². The number of amides is 2. The molecule has 2 atom stereocenters. The van der Waals surface area contributed by atoms with E-state index in [2.05, 4.69) is 13.8 Å². The van der Waals surface area contributed by atoms with Gasteiger partial charge in [0.1, 0.15) is 5.70 Å². The second-order valence-electron chi connectivity index (χ2n) is 7.37. The van der Waals surface area contributed by atoms with Crippen molar-refractivity contribution < 1.29 is 23.9 Å². The number of carbonyl (C=O) groups is 2. The van der Waals surface area contributed by atoms with Crippen LogP contribution in [-0.4, -0.2) is 55.6 Å². The number of ether oxygens (including phenoxy) is 2. The SMILES string of the molecule is CCCCC(CC)COC(=O)CCN1C(=O)N(OC)C(=Cc2ccccc2)C1OC. The Bertz CT molecular complexity index is 707. The van der Waals surface area contributed by atoms with Crippen molar-refractivity contribution in [1.29, 1.82) is 0 Å². The maximum absolute atomic E-state index is 12.8. The van der Waals surface area contributed by atoms with Gasteiger partial charge in [-0.15, -0.1) is 0 Å². The largest absolute Gasteiger partial charge is 0.465 e. The van der Waals surface area contributed by atoms with Gasteiger partial charge >= 0.3 is 12.0 Å². The van der Waals surface area contributed by atoms with E-state index >= 15 is 0 Å². The number of urea groups is 1. The van der Waals surface area contributed by atoms with Crippen molar-refractivity contribution in [2.75, 3.05) is 27.4 Å². The van der Waals surface area contributed by atoms with Crippen molar-refractivity contribution in [3.8, 4) is 0 Å². The minimum atomic E-state index is -0.640. The van der Waals surface area contributed by atoms with Gasteiger partial charge in [-0.3, -0.25) is 14.5 Å². The summed E-state index contributed by atoms with van der Waals surface area (Å²) in [5, 5.41) is 1.20. The molecule has 2 amide bonds. The van der Waals surface area contributed by atoms with Crippen LogP contribution in [0.25, 0.3) is 6.08 Å². The number of nitrogens with zero attached hydrogens (tertiary/aromatic N) is 2. The Morgan fingerprint density at radius 2 is 1.93 bits per heavy atom. The summed E-state index contributed by atoms with van der Waals surface area (Å²) in [6.45, 7) is 4.89. The van der Waals surface area contributed by atoms with Gasteiger partial charge in [0.15, 0.2) is 6.23 Å². The number of hydrogen-bond acceptors (Lipinski definition) is 5. The molecule has 30 heavy (non-hydrogen) atoms. The third-order valence-corrected chi connectivity index (χ3v) is 5.29. The van der Waals surface area contributed by atoms with Gasteiger partial charge in [0.2, 0.25) is 0 Å². The Morgan fingerprint density at radius 1 is 1.20 bits per heavy atom. The summed E-state index contributed by atoms with van der Waals surface area (Å²) in [5.74, 6) is 0.0792. The summed E-state index contributed by atoms with van der Waals surface area (Å²) >= 11 is 0. The molecule has 166 valence electrons. The lowest BCUT2D eigenvalue weighted by Gasteiger charge is -2.21. The van der Waals surface area contributed by atoms with Crippen LogP contribution in [0, 0.1) is 5.92 Å². The molecule has 1 saturated heterocycles. The fraction of sp³-hybridized carbons (Fsp3) is 0.565. The number of rotatable bonds is 12. The Balaban J connectivity index is 2.00. The van der Waals surface area contributed by atoms with Gasteiger partial charge < -0.3 is 9.47 Å². The van der Waals surface area contributed by atoms with Crippen LogP contribution in [0.4, 0.5) is 4.79 Å². The number of hydrogen-bond donors (Lipinski definition) is 0. The second-order valence-corrected chi connectivity index (χ2v) is 7.37. The third kappa shape index (κ3) is 6.31. The highest BCUT2D eigenvalue weighted by atomic mass is 16.7. The summed E-state index contributed by atoms with van der Waals surface area (Å²) in [7, 11) is 2.96. The number of esters is 1. The molecule has 1 aromatic carbocycles. The minimum Gasteiger partial charge on any atom is -0.465 e.